The number of benzene rings is 1. The molecule has 0 amide bonds. The Morgan fingerprint density at radius 1 is 1.21 bits per heavy atom. The topological polar surface area (TPSA) is 46.2 Å². The zero-order valence-electron chi connectivity index (χ0n) is 11.9. The van der Waals surface area contributed by atoms with E-state index in [4.69, 9.17) is 11.6 Å². The van der Waals surface area contributed by atoms with Crippen LogP contribution in [0.3, 0.4) is 0 Å². The molecule has 5 heteroatoms. The molecular formula is C14H22ClNO2S. The van der Waals surface area contributed by atoms with Crippen LogP contribution in [0.1, 0.15) is 33.3 Å². The van der Waals surface area contributed by atoms with Crippen molar-refractivity contribution in [3.8, 4) is 0 Å². The summed E-state index contributed by atoms with van der Waals surface area (Å²) in [6.45, 7) is 8.17. The molecule has 0 radical (unpaired) electrons. The number of hydrogen-bond donors (Lipinski definition) is 1. The standard InChI is InChI=1S/C14H22ClNO2S/c1-11(9-15)10-19(17,18)16-13-7-5-12(6-8-13)14(2,3)4/h5-8,11,16H,9-10H2,1-4H3. The van der Waals surface area contributed by atoms with Gasteiger partial charge in [0.25, 0.3) is 0 Å². The molecule has 0 aliphatic heterocycles. The maximum atomic E-state index is 11.9. The van der Waals surface area contributed by atoms with Crippen molar-refractivity contribution in [1.29, 1.82) is 0 Å². The fourth-order valence-corrected chi connectivity index (χ4v) is 3.36. The molecule has 1 unspecified atom stereocenters. The summed E-state index contributed by atoms with van der Waals surface area (Å²) in [5.74, 6) is 0.314. The van der Waals surface area contributed by atoms with Gasteiger partial charge in [-0.3, -0.25) is 4.72 Å². The number of nitrogens with one attached hydrogen (secondary N) is 1. The Labute approximate surface area is 121 Å². The van der Waals surface area contributed by atoms with Crippen LogP contribution in [0.25, 0.3) is 0 Å². The molecule has 1 N–H and O–H groups in total. The van der Waals surface area contributed by atoms with Crippen LogP contribution >= 0.6 is 11.6 Å². The zero-order chi connectivity index (χ0) is 14.7. The number of anilines is 1. The summed E-state index contributed by atoms with van der Waals surface area (Å²) in [6.07, 6.45) is 0. The Morgan fingerprint density at radius 2 is 1.74 bits per heavy atom. The number of alkyl halides is 1. The second kappa shape index (κ2) is 6.14. The minimum atomic E-state index is -3.33. The molecule has 0 saturated carbocycles. The van der Waals surface area contributed by atoms with Crippen LogP contribution in [-0.2, 0) is 15.4 Å². The zero-order valence-corrected chi connectivity index (χ0v) is 13.5. The first-order valence-corrected chi connectivity index (χ1v) is 8.50. The third-order valence-corrected chi connectivity index (χ3v) is 4.87. The Bertz CT molecular complexity index is 503. The van der Waals surface area contributed by atoms with Crippen molar-refractivity contribution in [1.82, 2.24) is 0 Å². The van der Waals surface area contributed by atoms with Crippen LogP contribution < -0.4 is 4.72 Å². The molecule has 1 rings (SSSR count). The van der Waals surface area contributed by atoms with Crippen LogP contribution in [0.4, 0.5) is 5.69 Å². The van der Waals surface area contributed by atoms with E-state index < -0.39 is 10.0 Å². The Hall–Kier alpha value is -0.740. The fraction of sp³-hybridized carbons (Fsp3) is 0.571. The fourth-order valence-electron chi connectivity index (χ4n) is 1.68. The first kappa shape index (κ1) is 16.3. The van der Waals surface area contributed by atoms with Gasteiger partial charge in [0.05, 0.1) is 5.75 Å². The van der Waals surface area contributed by atoms with E-state index >= 15 is 0 Å². The Kier molecular flexibility index (Phi) is 5.27. The van der Waals surface area contributed by atoms with Crippen molar-refractivity contribution < 1.29 is 8.42 Å². The molecule has 1 aromatic rings. The first-order valence-electron chi connectivity index (χ1n) is 6.31. The van der Waals surface area contributed by atoms with Gasteiger partial charge in [0.1, 0.15) is 0 Å². The van der Waals surface area contributed by atoms with Crippen LogP contribution in [-0.4, -0.2) is 20.1 Å². The van der Waals surface area contributed by atoms with E-state index in [-0.39, 0.29) is 17.1 Å². The summed E-state index contributed by atoms with van der Waals surface area (Å²) >= 11 is 5.64. The van der Waals surface area contributed by atoms with Gasteiger partial charge in [0.15, 0.2) is 0 Å². The lowest BCUT2D eigenvalue weighted by atomic mass is 9.87. The Morgan fingerprint density at radius 3 is 2.16 bits per heavy atom. The van der Waals surface area contributed by atoms with E-state index in [1.807, 2.05) is 19.1 Å². The van der Waals surface area contributed by atoms with E-state index in [1.165, 1.54) is 5.56 Å². The van der Waals surface area contributed by atoms with Crippen molar-refractivity contribution in [3.05, 3.63) is 29.8 Å². The van der Waals surface area contributed by atoms with Gasteiger partial charge in [-0.15, -0.1) is 11.6 Å². The van der Waals surface area contributed by atoms with Crippen molar-refractivity contribution in [2.24, 2.45) is 5.92 Å². The van der Waals surface area contributed by atoms with Crippen molar-refractivity contribution >= 4 is 27.3 Å². The maximum absolute atomic E-state index is 11.9. The number of sulfonamides is 1. The Balaban J connectivity index is 2.78. The molecule has 0 bridgehead atoms. The van der Waals surface area contributed by atoms with Gasteiger partial charge in [-0.25, -0.2) is 8.42 Å². The molecule has 3 nitrogen and oxygen atoms in total. The number of rotatable bonds is 5. The van der Waals surface area contributed by atoms with E-state index in [1.54, 1.807) is 12.1 Å². The molecule has 1 aromatic carbocycles. The molecule has 0 aliphatic carbocycles. The largest absolute Gasteiger partial charge is 0.284 e. The normalized spacial score (nSPS) is 14.2. The van der Waals surface area contributed by atoms with Gasteiger partial charge < -0.3 is 0 Å². The van der Waals surface area contributed by atoms with Crippen LogP contribution in [0, 0.1) is 5.92 Å². The quantitative estimate of drug-likeness (QED) is 0.845. The highest BCUT2D eigenvalue weighted by molar-refractivity contribution is 7.92. The summed E-state index contributed by atoms with van der Waals surface area (Å²) in [7, 11) is -3.33. The highest BCUT2D eigenvalue weighted by Gasteiger charge is 2.16. The minimum Gasteiger partial charge on any atom is -0.284 e. The molecule has 19 heavy (non-hydrogen) atoms. The average Bonchev–Trinajstić information content (AvgIpc) is 2.27. The summed E-state index contributed by atoms with van der Waals surface area (Å²) in [5.41, 5.74) is 1.82. The molecule has 0 aliphatic rings. The van der Waals surface area contributed by atoms with E-state index in [0.29, 0.717) is 11.6 Å². The SMILES string of the molecule is CC(CCl)CS(=O)(=O)Nc1ccc(C(C)(C)C)cc1. The average molecular weight is 304 g/mol. The third kappa shape index (κ3) is 5.41. The second-order valence-corrected chi connectivity index (χ2v) is 8.05. The first-order chi connectivity index (χ1) is 8.64. The molecular weight excluding hydrogens is 282 g/mol. The van der Waals surface area contributed by atoms with E-state index in [9.17, 15) is 8.42 Å². The van der Waals surface area contributed by atoms with Gasteiger partial charge in [0, 0.05) is 11.6 Å². The summed E-state index contributed by atoms with van der Waals surface area (Å²) in [4.78, 5) is 0. The third-order valence-electron chi connectivity index (χ3n) is 2.79. The molecule has 0 saturated heterocycles. The summed E-state index contributed by atoms with van der Waals surface area (Å²) < 4.78 is 26.3. The van der Waals surface area contributed by atoms with Gasteiger partial charge >= 0.3 is 0 Å². The lowest BCUT2D eigenvalue weighted by Crippen LogP contribution is -2.22. The van der Waals surface area contributed by atoms with E-state index in [2.05, 4.69) is 25.5 Å². The summed E-state index contributed by atoms with van der Waals surface area (Å²) in [6, 6.07) is 7.48. The van der Waals surface area contributed by atoms with Crippen molar-refractivity contribution in [2.45, 2.75) is 33.1 Å². The van der Waals surface area contributed by atoms with Gasteiger partial charge in [-0.05, 0) is 29.0 Å². The van der Waals surface area contributed by atoms with Gasteiger partial charge in [-0.1, -0.05) is 39.8 Å². The highest BCUT2D eigenvalue weighted by atomic mass is 35.5. The van der Waals surface area contributed by atoms with E-state index in [0.717, 1.165) is 0 Å². The molecule has 0 heterocycles. The highest BCUT2D eigenvalue weighted by Crippen LogP contribution is 2.23. The van der Waals surface area contributed by atoms with Crippen molar-refractivity contribution in [2.75, 3.05) is 16.4 Å². The van der Waals surface area contributed by atoms with Crippen LogP contribution in [0.5, 0.6) is 0 Å². The monoisotopic (exact) mass is 303 g/mol. The van der Waals surface area contributed by atoms with Gasteiger partial charge in [-0.2, -0.15) is 0 Å². The number of hydrogen-bond acceptors (Lipinski definition) is 2. The molecule has 108 valence electrons. The second-order valence-electron chi connectivity index (χ2n) is 5.97. The lowest BCUT2D eigenvalue weighted by Gasteiger charge is -2.19. The predicted octanol–water partition coefficient (Wildman–Crippen LogP) is 3.60. The van der Waals surface area contributed by atoms with Gasteiger partial charge in [0.2, 0.25) is 10.0 Å². The number of halogens is 1. The molecule has 0 spiro atoms. The molecule has 0 aromatic heterocycles. The molecule has 0 fully saturated rings. The van der Waals surface area contributed by atoms with Crippen LogP contribution in [0.15, 0.2) is 24.3 Å². The summed E-state index contributed by atoms with van der Waals surface area (Å²) in [5, 5.41) is 0. The minimum absolute atomic E-state index is 0.0392. The van der Waals surface area contributed by atoms with Crippen molar-refractivity contribution in [3.63, 3.8) is 0 Å². The predicted molar refractivity (Wildman–Crippen MR) is 82.4 cm³/mol. The molecule has 1 atom stereocenters. The van der Waals surface area contributed by atoms with Crippen LogP contribution in [0.2, 0.25) is 0 Å². The maximum Gasteiger partial charge on any atom is 0.233 e. The lowest BCUT2D eigenvalue weighted by molar-refractivity contribution is 0.588. The smallest absolute Gasteiger partial charge is 0.233 e.